The number of amides is 4. The maximum atomic E-state index is 13.5. The van der Waals surface area contributed by atoms with Gasteiger partial charge < -0.3 is 10.2 Å². The Bertz CT molecular complexity index is 1150. The number of rotatable bonds is 7. The van der Waals surface area contributed by atoms with E-state index in [4.69, 9.17) is 0 Å². The van der Waals surface area contributed by atoms with Gasteiger partial charge in [0.2, 0.25) is 5.91 Å². The van der Waals surface area contributed by atoms with Crippen molar-refractivity contribution in [2.24, 2.45) is 0 Å². The number of imide groups is 1. The average Bonchev–Trinajstić information content (AvgIpc) is 3.17. The number of carbonyl (C=O) groups excluding carboxylic acids is 4. The topological polar surface area (TPSA) is 102 Å². The van der Waals surface area contributed by atoms with E-state index < -0.39 is 29.8 Å². The summed E-state index contributed by atoms with van der Waals surface area (Å²) in [7, 11) is 0. The highest BCUT2D eigenvalue weighted by molar-refractivity contribution is 6.03. The molecule has 3 unspecified atom stereocenters. The molecule has 3 atom stereocenters. The molecule has 9 nitrogen and oxygen atoms in total. The molecule has 2 N–H and O–H groups in total. The molecule has 2 aromatic carbocycles. The Morgan fingerprint density at radius 1 is 1.11 bits per heavy atom. The standard InChI is InChI=1S/C25H28FN5O4/c1-4-31-23-22(15(2)28-31)29(14-21(33)27-20-7-5-6-18(12-20)16(3)32)25(35)30(24(23)34)13-17-8-10-19(26)11-9-17/h5-12,15,22-23,28H,4,13-14H2,1-3H3,(H,27,33). The fourth-order valence-electron chi connectivity index (χ4n) is 4.68. The minimum absolute atomic E-state index is 0.0358. The molecule has 184 valence electrons. The number of hydrogen-bond acceptors (Lipinski definition) is 6. The van der Waals surface area contributed by atoms with E-state index in [1.807, 2.05) is 13.8 Å². The summed E-state index contributed by atoms with van der Waals surface area (Å²) in [6, 6.07) is 10.1. The van der Waals surface area contributed by atoms with Gasteiger partial charge in [-0.05, 0) is 43.7 Å². The predicted molar refractivity (Wildman–Crippen MR) is 127 cm³/mol. The van der Waals surface area contributed by atoms with Crippen molar-refractivity contribution in [3.05, 3.63) is 65.5 Å². The first-order valence-electron chi connectivity index (χ1n) is 11.5. The third-order valence-electron chi connectivity index (χ3n) is 6.36. The van der Waals surface area contributed by atoms with E-state index in [1.54, 1.807) is 29.3 Å². The highest BCUT2D eigenvalue weighted by Gasteiger charge is 2.54. The predicted octanol–water partition coefficient (Wildman–Crippen LogP) is 2.40. The van der Waals surface area contributed by atoms with Crippen LogP contribution in [0.15, 0.2) is 48.5 Å². The summed E-state index contributed by atoms with van der Waals surface area (Å²) in [5, 5.41) is 4.52. The first kappa shape index (κ1) is 24.5. The van der Waals surface area contributed by atoms with Gasteiger partial charge in [0.15, 0.2) is 5.78 Å². The fraction of sp³-hybridized carbons (Fsp3) is 0.360. The van der Waals surface area contributed by atoms with Crippen molar-refractivity contribution in [1.82, 2.24) is 20.2 Å². The summed E-state index contributed by atoms with van der Waals surface area (Å²) in [5.74, 6) is -1.36. The molecule has 0 saturated carbocycles. The molecule has 2 aliphatic heterocycles. The fourth-order valence-corrected chi connectivity index (χ4v) is 4.68. The number of benzene rings is 2. The number of Topliss-reactive ketones (excluding diaryl/α,β-unsaturated/α-hetero) is 1. The normalized spacial score (nSPS) is 22.3. The van der Waals surface area contributed by atoms with Gasteiger partial charge in [-0.15, -0.1) is 0 Å². The van der Waals surface area contributed by atoms with Crippen LogP contribution < -0.4 is 10.7 Å². The highest BCUT2D eigenvalue weighted by atomic mass is 19.1. The monoisotopic (exact) mass is 481 g/mol. The lowest BCUT2D eigenvalue weighted by molar-refractivity contribution is -0.140. The van der Waals surface area contributed by atoms with Gasteiger partial charge in [-0.3, -0.25) is 19.3 Å². The lowest BCUT2D eigenvalue weighted by atomic mass is 9.97. The molecule has 2 saturated heterocycles. The molecule has 0 spiro atoms. The molecule has 35 heavy (non-hydrogen) atoms. The van der Waals surface area contributed by atoms with Crippen molar-refractivity contribution >= 4 is 29.3 Å². The highest BCUT2D eigenvalue weighted by Crippen LogP contribution is 2.29. The molecule has 4 rings (SSSR count). The Kier molecular flexibility index (Phi) is 6.95. The number of nitrogens with one attached hydrogen (secondary N) is 2. The number of carbonyl (C=O) groups is 4. The van der Waals surface area contributed by atoms with Crippen molar-refractivity contribution < 1.29 is 23.6 Å². The summed E-state index contributed by atoms with van der Waals surface area (Å²) in [4.78, 5) is 54.1. The van der Waals surface area contributed by atoms with Crippen molar-refractivity contribution in [3.63, 3.8) is 0 Å². The number of hydrazine groups is 1. The van der Waals surface area contributed by atoms with Crippen LogP contribution in [-0.4, -0.2) is 69.7 Å². The van der Waals surface area contributed by atoms with Gasteiger partial charge >= 0.3 is 6.03 Å². The molecular formula is C25H28FN5O4. The molecule has 0 radical (unpaired) electrons. The van der Waals surface area contributed by atoms with Crippen LogP contribution in [0.1, 0.15) is 36.7 Å². The van der Waals surface area contributed by atoms with E-state index in [0.29, 0.717) is 23.4 Å². The van der Waals surface area contributed by atoms with E-state index in [2.05, 4.69) is 10.7 Å². The number of nitrogens with zero attached hydrogens (tertiary/aromatic N) is 3. The van der Waals surface area contributed by atoms with Crippen LogP contribution in [0, 0.1) is 5.82 Å². The van der Waals surface area contributed by atoms with Crippen LogP contribution in [-0.2, 0) is 16.1 Å². The van der Waals surface area contributed by atoms with Gasteiger partial charge in [0.25, 0.3) is 5.91 Å². The number of fused-ring (bicyclic) bond motifs is 1. The maximum absolute atomic E-state index is 13.5. The maximum Gasteiger partial charge on any atom is 0.327 e. The Balaban J connectivity index is 1.59. The largest absolute Gasteiger partial charge is 0.327 e. The number of halogens is 1. The van der Waals surface area contributed by atoms with Crippen LogP contribution in [0.4, 0.5) is 14.9 Å². The zero-order valence-electron chi connectivity index (χ0n) is 19.8. The number of likely N-dealkylation sites (N-methyl/N-ethyl adjacent to an activating group) is 1. The third-order valence-corrected chi connectivity index (χ3v) is 6.36. The Morgan fingerprint density at radius 2 is 1.83 bits per heavy atom. The molecule has 10 heteroatoms. The second-order valence-corrected chi connectivity index (χ2v) is 8.79. The number of urea groups is 1. The zero-order chi connectivity index (χ0) is 25.3. The zero-order valence-corrected chi connectivity index (χ0v) is 19.8. The number of hydrogen-bond donors (Lipinski definition) is 2. The molecule has 2 aliphatic rings. The smallest absolute Gasteiger partial charge is 0.325 e. The molecule has 2 fully saturated rings. The Hall–Kier alpha value is -3.63. The van der Waals surface area contributed by atoms with Gasteiger partial charge in [0.1, 0.15) is 18.4 Å². The first-order chi connectivity index (χ1) is 16.7. The quantitative estimate of drug-likeness (QED) is 0.589. The summed E-state index contributed by atoms with van der Waals surface area (Å²) in [6.07, 6.45) is 0. The van der Waals surface area contributed by atoms with Crippen LogP contribution in [0.2, 0.25) is 0 Å². The lowest BCUT2D eigenvalue weighted by Gasteiger charge is -2.43. The van der Waals surface area contributed by atoms with Crippen molar-refractivity contribution in [2.75, 3.05) is 18.4 Å². The third kappa shape index (κ3) is 4.94. The van der Waals surface area contributed by atoms with E-state index >= 15 is 0 Å². The average molecular weight is 482 g/mol. The summed E-state index contributed by atoms with van der Waals surface area (Å²) >= 11 is 0. The summed E-state index contributed by atoms with van der Waals surface area (Å²) in [5.41, 5.74) is 4.73. The SMILES string of the molecule is CCN1NC(C)C2C1C(=O)N(Cc1ccc(F)cc1)C(=O)N2CC(=O)Nc1cccc(C(C)=O)c1. The Morgan fingerprint density at radius 3 is 2.49 bits per heavy atom. The van der Waals surface area contributed by atoms with Gasteiger partial charge in [0, 0.05) is 23.8 Å². The van der Waals surface area contributed by atoms with Crippen molar-refractivity contribution in [2.45, 2.75) is 45.4 Å². The van der Waals surface area contributed by atoms with Crippen LogP contribution in [0.5, 0.6) is 0 Å². The van der Waals surface area contributed by atoms with E-state index in [-0.39, 0.29) is 30.8 Å². The molecule has 0 bridgehead atoms. The molecule has 2 heterocycles. The minimum Gasteiger partial charge on any atom is -0.325 e. The van der Waals surface area contributed by atoms with Gasteiger partial charge in [0.05, 0.1) is 12.6 Å². The van der Waals surface area contributed by atoms with Crippen molar-refractivity contribution in [3.8, 4) is 0 Å². The molecule has 0 aliphatic carbocycles. The van der Waals surface area contributed by atoms with Crippen LogP contribution in [0.25, 0.3) is 0 Å². The van der Waals surface area contributed by atoms with Gasteiger partial charge in [-0.1, -0.05) is 31.2 Å². The van der Waals surface area contributed by atoms with Gasteiger partial charge in [-0.2, -0.15) is 0 Å². The molecule has 0 aromatic heterocycles. The summed E-state index contributed by atoms with van der Waals surface area (Å²) < 4.78 is 13.4. The second kappa shape index (κ2) is 9.93. The second-order valence-electron chi connectivity index (χ2n) is 8.79. The molecule has 4 amide bonds. The van der Waals surface area contributed by atoms with Crippen molar-refractivity contribution in [1.29, 1.82) is 0 Å². The van der Waals surface area contributed by atoms with Gasteiger partial charge in [-0.25, -0.2) is 19.6 Å². The number of anilines is 1. The van der Waals surface area contributed by atoms with E-state index in [9.17, 15) is 23.6 Å². The number of ketones is 1. The molecule has 2 aromatic rings. The summed E-state index contributed by atoms with van der Waals surface area (Å²) in [6.45, 7) is 5.41. The van der Waals surface area contributed by atoms with E-state index in [0.717, 1.165) is 4.90 Å². The minimum atomic E-state index is -0.665. The molecular weight excluding hydrogens is 453 g/mol. The first-order valence-corrected chi connectivity index (χ1v) is 11.5. The van der Waals surface area contributed by atoms with Crippen LogP contribution >= 0.6 is 0 Å². The lowest BCUT2D eigenvalue weighted by Crippen LogP contribution is -2.67. The van der Waals surface area contributed by atoms with E-state index in [1.165, 1.54) is 36.1 Å². The Labute approximate surface area is 202 Å². The van der Waals surface area contributed by atoms with Crippen LogP contribution in [0.3, 0.4) is 0 Å².